The minimum absolute atomic E-state index is 0.0186. The van der Waals surface area contributed by atoms with E-state index in [0.717, 1.165) is 11.3 Å². The molecule has 8 heteroatoms. The molecule has 2 N–H and O–H groups in total. The Morgan fingerprint density at radius 2 is 2.04 bits per heavy atom. The van der Waals surface area contributed by atoms with Crippen molar-refractivity contribution in [3.63, 3.8) is 0 Å². The van der Waals surface area contributed by atoms with E-state index in [-0.39, 0.29) is 11.7 Å². The van der Waals surface area contributed by atoms with Crippen molar-refractivity contribution in [3.05, 3.63) is 44.5 Å². The van der Waals surface area contributed by atoms with Gasteiger partial charge in [-0.05, 0) is 18.2 Å². The number of nitrogen functional groups attached to an aromatic ring is 1. The summed E-state index contributed by atoms with van der Waals surface area (Å²) in [5.74, 6) is -0.176. The molecule has 23 heavy (non-hydrogen) atoms. The fourth-order valence-corrected chi connectivity index (χ4v) is 3.46. The van der Waals surface area contributed by atoms with E-state index in [1.807, 2.05) is 0 Å². The summed E-state index contributed by atoms with van der Waals surface area (Å²) in [7, 11) is 0. The molecule has 0 aliphatic carbocycles. The zero-order valence-electron chi connectivity index (χ0n) is 11.7. The zero-order chi connectivity index (χ0) is 16.7. The summed E-state index contributed by atoms with van der Waals surface area (Å²) in [6.07, 6.45) is 0. The number of nitrogens with two attached hydrogens (primary N) is 1. The van der Waals surface area contributed by atoms with Crippen LogP contribution in [0.1, 0.15) is 16.6 Å². The van der Waals surface area contributed by atoms with Crippen LogP contribution in [-0.4, -0.2) is 15.8 Å². The number of carbonyl (C=O) groups excluding carboxylic acids is 1. The van der Waals surface area contributed by atoms with Crippen LogP contribution < -0.4 is 5.73 Å². The fourth-order valence-electron chi connectivity index (χ4n) is 2.17. The number of benzene rings is 1. The van der Waals surface area contributed by atoms with Gasteiger partial charge in [0.05, 0.1) is 26.0 Å². The Labute approximate surface area is 145 Å². The molecule has 3 rings (SSSR count). The molecule has 5 nitrogen and oxygen atoms in total. The monoisotopic (exact) mass is 362 g/mol. The van der Waals surface area contributed by atoms with Crippen molar-refractivity contribution in [2.45, 2.75) is 6.92 Å². The van der Waals surface area contributed by atoms with Gasteiger partial charge in [-0.25, -0.2) is 0 Å². The van der Waals surface area contributed by atoms with Crippen molar-refractivity contribution in [2.75, 3.05) is 5.73 Å². The molecule has 2 aromatic heterocycles. The lowest BCUT2D eigenvalue weighted by atomic mass is 10.1. The van der Waals surface area contributed by atoms with Crippen LogP contribution in [0, 0.1) is 6.57 Å². The Kier molecular flexibility index (Phi) is 3.94. The van der Waals surface area contributed by atoms with Crippen LogP contribution in [0.15, 0.2) is 18.2 Å². The molecule has 3 aromatic rings. The Hall–Kier alpha value is -2.20. The van der Waals surface area contributed by atoms with Gasteiger partial charge in [-0.2, -0.15) is 0 Å². The second kappa shape index (κ2) is 5.78. The van der Waals surface area contributed by atoms with E-state index in [1.165, 1.54) is 6.92 Å². The smallest absolute Gasteiger partial charge is 0.373 e. The third-order valence-corrected chi connectivity index (χ3v) is 5.13. The number of halogens is 2. The van der Waals surface area contributed by atoms with Gasteiger partial charge in [-0.15, -0.1) is 16.5 Å². The van der Waals surface area contributed by atoms with E-state index in [2.05, 4.69) is 14.8 Å². The summed E-state index contributed by atoms with van der Waals surface area (Å²) in [5.41, 5.74) is 7.53. The number of ketones is 1. The number of anilines is 1. The van der Waals surface area contributed by atoms with Gasteiger partial charge in [0.15, 0.2) is 10.6 Å². The number of nitrogens with zero attached hydrogens (tertiary/aromatic N) is 3. The summed E-state index contributed by atoms with van der Waals surface area (Å²) in [6.45, 7) is 8.59. The average molecular weight is 363 g/mol. The highest BCUT2D eigenvalue weighted by Gasteiger charge is 2.23. The molecule has 114 valence electrons. The molecule has 2 heterocycles. The van der Waals surface area contributed by atoms with Gasteiger partial charge in [-0.1, -0.05) is 34.5 Å². The molecule has 0 saturated carbocycles. The van der Waals surface area contributed by atoms with Gasteiger partial charge in [0.2, 0.25) is 0 Å². The van der Waals surface area contributed by atoms with Gasteiger partial charge in [0, 0.05) is 12.5 Å². The average Bonchev–Trinajstić information content (AvgIpc) is 2.86. The van der Waals surface area contributed by atoms with E-state index < -0.39 is 0 Å². The first-order valence-electron chi connectivity index (χ1n) is 6.36. The first kappa shape index (κ1) is 15.7. The maximum Gasteiger partial charge on any atom is 0.373 e. The maximum atomic E-state index is 11.7. The van der Waals surface area contributed by atoms with Crippen LogP contribution >= 0.6 is 34.5 Å². The molecule has 0 bridgehead atoms. The fraction of sp³-hybridized carbons (Fsp3) is 0.0667. The van der Waals surface area contributed by atoms with E-state index in [9.17, 15) is 4.79 Å². The standard InChI is InChI=1S/C15H8Cl2N4OS/c1-6(22)13-11(18)10-12(7-3-4-8(16)9(17)5-7)20-15(19-2)21-14(10)23-13/h3-5H,18H2,1H3. The largest absolute Gasteiger partial charge is 0.397 e. The van der Waals surface area contributed by atoms with Crippen molar-refractivity contribution >= 4 is 62.2 Å². The number of hydrogen-bond acceptors (Lipinski definition) is 5. The van der Waals surface area contributed by atoms with Gasteiger partial charge < -0.3 is 10.6 Å². The van der Waals surface area contributed by atoms with E-state index in [4.69, 9.17) is 35.5 Å². The van der Waals surface area contributed by atoms with E-state index >= 15 is 0 Å². The van der Waals surface area contributed by atoms with Crippen LogP contribution in [0.3, 0.4) is 0 Å². The summed E-state index contributed by atoms with van der Waals surface area (Å²) in [6, 6.07) is 5.01. The second-order valence-electron chi connectivity index (χ2n) is 4.69. The van der Waals surface area contributed by atoms with Crippen molar-refractivity contribution in [1.82, 2.24) is 9.97 Å². The Bertz CT molecular complexity index is 1010. The van der Waals surface area contributed by atoms with Crippen molar-refractivity contribution in [3.8, 4) is 11.3 Å². The highest BCUT2D eigenvalue weighted by atomic mass is 35.5. The normalized spacial score (nSPS) is 10.7. The van der Waals surface area contributed by atoms with E-state index in [1.54, 1.807) is 18.2 Å². The van der Waals surface area contributed by atoms with Crippen molar-refractivity contribution < 1.29 is 4.79 Å². The van der Waals surface area contributed by atoms with Crippen LogP contribution in [0.5, 0.6) is 0 Å². The molecular weight excluding hydrogens is 355 g/mol. The third kappa shape index (κ3) is 2.63. The molecule has 0 unspecified atom stereocenters. The predicted molar refractivity (Wildman–Crippen MR) is 93.5 cm³/mol. The molecule has 0 atom stereocenters. The molecule has 0 fully saturated rings. The highest BCUT2D eigenvalue weighted by Crippen LogP contribution is 2.40. The second-order valence-corrected chi connectivity index (χ2v) is 6.51. The lowest BCUT2D eigenvalue weighted by Gasteiger charge is -2.03. The summed E-state index contributed by atoms with van der Waals surface area (Å²) in [5, 5.41) is 1.32. The first-order valence-corrected chi connectivity index (χ1v) is 7.93. The number of carbonyl (C=O) groups is 1. The van der Waals surface area contributed by atoms with Crippen LogP contribution in [-0.2, 0) is 0 Å². The number of hydrogen-bond donors (Lipinski definition) is 1. The topological polar surface area (TPSA) is 73.2 Å². The summed E-state index contributed by atoms with van der Waals surface area (Å²) >= 11 is 13.2. The third-order valence-electron chi connectivity index (χ3n) is 3.19. The SMILES string of the molecule is [C-]#[N+]c1nc(-c2ccc(Cl)c(Cl)c2)c2c(N)c(C(C)=O)sc2n1. The highest BCUT2D eigenvalue weighted by molar-refractivity contribution is 7.21. The van der Waals surface area contributed by atoms with Crippen LogP contribution in [0.4, 0.5) is 11.6 Å². The molecule has 0 saturated heterocycles. The summed E-state index contributed by atoms with van der Waals surface area (Å²) < 4.78 is 0. The number of aromatic nitrogens is 2. The Morgan fingerprint density at radius 1 is 1.30 bits per heavy atom. The van der Waals surface area contributed by atoms with Crippen molar-refractivity contribution in [1.29, 1.82) is 0 Å². The number of rotatable bonds is 2. The Morgan fingerprint density at radius 3 is 2.65 bits per heavy atom. The quantitative estimate of drug-likeness (QED) is 0.514. The first-order chi connectivity index (χ1) is 10.9. The van der Waals surface area contributed by atoms with Gasteiger partial charge >= 0.3 is 5.95 Å². The molecular formula is C15H8Cl2N4OS. The van der Waals surface area contributed by atoms with E-state index in [0.29, 0.717) is 42.1 Å². The van der Waals surface area contributed by atoms with Gasteiger partial charge in [0.1, 0.15) is 5.69 Å². The van der Waals surface area contributed by atoms with Crippen LogP contribution in [0.25, 0.3) is 26.3 Å². The molecule has 0 aliphatic heterocycles. The number of thiophene rings is 1. The molecule has 0 spiro atoms. The zero-order valence-corrected chi connectivity index (χ0v) is 14.1. The molecule has 0 aliphatic rings. The minimum atomic E-state index is -0.157. The molecule has 0 amide bonds. The number of fused-ring (bicyclic) bond motifs is 1. The molecule has 0 radical (unpaired) electrons. The van der Waals surface area contributed by atoms with Crippen LogP contribution in [0.2, 0.25) is 10.0 Å². The number of Topliss-reactive ketones (excluding diaryl/α,β-unsaturated/α-hetero) is 1. The summed E-state index contributed by atoms with van der Waals surface area (Å²) in [4.78, 5) is 24.3. The lowest BCUT2D eigenvalue weighted by molar-refractivity contribution is 0.102. The van der Waals surface area contributed by atoms with Gasteiger partial charge in [0.25, 0.3) is 0 Å². The molecule has 1 aromatic carbocycles. The lowest BCUT2D eigenvalue weighted by Crippen LogP contribution is -1.96. The Balaban J connectivity index is 2.40. The van der Waals surface area contributed by atoms with Gasteiger partial charge in [-0.3, -0.25) is 4.79 Å². The minimum Gasteiger partial charge on any atom is -0.397 e. The van der Waals surface area contributed by atoms with Crippen molar-refractivity contribution in [2.24, 2.45) is 0 Å². The maximum absolute atomic E-state index is 11.7. The predicted octanol–water partition coefficient (Wildman–Crippen LogP) is 5.00.